The van der Waals surface area contributed by atoms with Crippen LogP contribution in [0.4, 0.5) is 26.7 Å². The van der Waals surface area contributed by atoms with Gasteiger partial charge in [-0.05, 0) is 58.9 Å². The Kier molecular flexibility index (Phi) is 8.36. The van der Waals surface area contributed by atoms with E-state index in [1.807, 2.05) is 4.90 Å². The molecule has 1 aromatic rings. The van der Waals surface area contributed by atoms with Crippen LogP contribution >= 0.6 is 11.8 Å². The maximum Gasteiger partial charge on any atom is 0.458 e. The number of carbonyl (C=O) groups excluding carboxylic acids is 2. The van der Waals surface area contributed by atoms with Gasteiger partial charge in [-0.1, -0.05) is 18.2 Å². The molecule has 3 aliphatic rings. The highest BCUT2D eigenvalue weighted by Crippen LogP contribution is 2.48. The molecule has 1 N–H and O–H groups in total. The number of nitriles is 1. The Bertz CT molecular complexity index is 1150. The van der Waals surface area contributed by atoms with Crippen LogP contribution in [0.2, 0.25) is 0 Å². The molecular formula is C27H33F5N4O3S. The van der Waals surface area contributed by atoms with Crippen molar-refractivity contribution in [1.82, 2.24) is 15.1 Å². The van der Waals surface area contributed by atoms with Crippen LogP contribution < -0.4 is 5.32 Å². The first-order valence-electron chi connectivity index (χ1n) is 13.2. The van der Waals surface area contributed by atoms with Crippen LogP contribution in [0.25, 0.3) is 0 Å². The van der Waals surface area contributed by atoms with Gasteiger partial charge < -0.3 is 15.0 Å². The van der Waals surface area contributed by atoms with Crippen LogP contribution in [0.5, 0.6) is 0 Å². The molecular weight excluding hydrogens is 555 g/mol. The van der Waals surface area contributed by atoms with Crippen molar-refractivity contribution in [3.8, 4) is 6.07 Å². The van der Waals surface area contributed by atoms with E-state index >= 15 is 0 Å². The molecule has 4 rings (SSSR count). The number of halogens is 5. The van der Waals surface area contributed by atoms with Gasteiger partial charge in [0.2, 0.25) is 5.91 Å². The molecule has 1 saturated carbocycles. The lowest BCUT2D eigenvalue weighted by molar-refractivity contribution is -0.290. The summed E-state index contributed by atoms with van der Waals surface area (Å²) in [7, 11) is 0. The maximum absolute atomic E-state index is 14.3. The van der Waals surface area contributed by atoms with E-state index in [0.717, 1.165) is 23.9 Å². The third kappa shape index (κ3) is 6.65. The largest absolute Gasteiger partial charge is 0.458 e. The molecule has 2 aliphatic heterocycles. The number of rotatable bonds is 6. The quantitative estimate of drug-likeness (QED) is 0.445. The fraction of sp³-hybridized carbons (Fsp3) is 0.667. The Morgan fingerprint density at radius 1 is 1.10 bits per heavy atom. The first-order valence-corrected chi connectivity index (χ1v) is 14.1. The lowest BCUT2D eigenvalue weighted by atomic mass is 10.0. The van der Waals surface area contributed by atoms with E-state index in [-0.39, 0.29) is 29.8 Å². The van der Waals surface area contributed by atoms with Gasteiger partial charge >= 0.3 is 18.2 Å². The minimum atomic E-state index is -5.74. The van der Waals surface area contributed by atoms with E-state index in [9.17, 15) is 36.8 Å². The second-order valence-electron chi connectivity index (χ2n) is 11.6. The number of benzene rings is 1. The smallest absolute Gasteiger partial charge is 0.444 e. The van der Waals surface area contributed by atoms with Gasteiger partial charge in [0.25, 0.3) is 0 Å². The highest BCUT2D eigenvalue weighted by atomic mass is 32.2. The molecule has 2 saturated heterocycles. The molecule has 1 aromatic carbocycles. The summed E-state index contributed by atoms with van der Waals surface area (Å²) in [5.41, 5.74) is -2.66. The molecule has 2 amide bonds. The van der Waals surface area contributed by atoms with Gasteiger partial charge in [-0.15, -0.1) is 11.8 Å². The van der Waals surface area contributed by atoms with E-state index in [1.54, 1.807) is 25.7 Å². The van der Waals surface area contributed by atoms with Gasteiger partial charge in [-0.3, -0.25) is 9.69 Å². The number of nitrogens with zero attached hydrogens (tertiary/aromatic N) is 3. The average molecular weight is 589 g/mol. The van der Waals surface area contributed by atoms with Crippen molar-refractivity contribution in [2.75, 3.05) is 19.6 Å². The van der Waals surface area contributed by atoms with Gasteiger partial charge in [0.15, 0.2) is 0 Å². The van der Waals surface area contributed by atoms with Crippen LogP contribution in [-0.2, 0) is 15.5 Å². The lowest BCUT2D eigenvalue weighted by Crippen LogP contribution is -2.54. The predicted molar refractivity (Wildman–Crippen MR) is 138 cm³/mol. The van der Waals surface area contributed by atoms with E-state index in [2.05, 4.69) is 11.4 Å². The summed E-state index contributed by atoms with van der Waals surface area (Å²) in [6.07, 6.45) is -3.81. The minimum absolute atomic E-state index is 0.121. The predicted octanol–water partition coefficient (Wildman–Crippen LogP) is 5.45. The molecule has 0 aromatic heterocycles. The standard InChI is InChI=1S/C27H33F5N4O3S/c1-24(2,3)39-23(38)35-12-8-17(9-13-35)36-15-18(14-20(36)22(37)34-25(16-33)10-11-25)40-21-7-5-4-6-19(21)26(28,29)27(30,31)32/h4-7,17-18,20H,8-15H2,1-3H3,(H,34,37). The number of piperidine rings is 1. The third-order valence-corrected chi connectivity index (χ3v) is 8.68. The monoisotopic (exact) mass is 588 g/mol. The molecule has 3 fully saturated rings. The molecule has 40 heavy (non-hydrogen) atoms. The molecule has 0 bridgehead atoms. The summed E-state index contributed by atoms with van der Waals surface area (Å²) >= 11 is 0.910. The first kappa shape index (κ1) is 30.4. The number of ether oxygens (including phenoxy) is 1. The number of alkyl halides is 5. The van der Waals surface area contributed by atoms with Crippen molar-refractivity contribution < 1.29 is 36.3 Å². The Labute approximate surface area is 234 Å². The molecule has 1 aliphatic carbocycles. The Morgan fingerprint density at radius 3 is 2.27 bits per heavy atom. The van der Waals surface area contributed by atoms with Crippen molar-refractivity contribution in [1.29, 1.82) is 5.26 Å². The Morgan fingerprint density at radius 2 is 1.73 bits per heavy atom. The lowest BCUT2D eigenvalue weighted by Gasteiger charge is -2.39. The zero-order valence-corrected chi connectivity index (χ0v) is 23.4. The van der Waals surface area contributed by atoms with E-state index < -0.39 is 46.2 Å². The first-order chi connectivity index (χ1) is 18.6. The van der Waals surface area contributed by atoms with Crippen LogP contribution in [0, 0.1) is 11.3 Å². The second-order valence-corrected chi connectivity index (χ2v) is 13.0. The van der Waals surface area contributed by atoms with Crippen molar-refractivity contribution in [3.05, 3.63) is 29.8 Å². The molecule has 2 atom stereocenters. The second kappa shape index (κ2) is 11.0. The average Bonchev–Trinajstić information content (AvgIpc) is 3.51. The highest BCUT2D eigenvalue weighted by Gasteiger charge is 2.59. The summed E-state index contributed by atoms with van der Waals surface area (Å²) < 4.78 is 73.6. The molecule has 2 unspecified atom stereocenters. The van der Waals surface area contributed by atoms with Crippen molar-refractivity contribution in [2.45, 2.75) is 98.3 Å². The fourth-order valence-electron chi connectivity index (χ4n) is 5.14. The van der Waals surface area contributed by atoms with Gasteiger partial charge in [-0.25, -0.2) is 4.79 Å². The summed E-state index contributed by atoms with van der Waals surface area (Å²) in [6.45, 7) is 6.40. The van der Waals surface area contributed by atoms with Gasteiger partial charge in [0, 0.05) is 41.4 Å². The molecule has 13 heteroatoms. The third-order valence-electron chi connectivity index (χ3n) is 7.39. The number of thioether (sulfide) groups is 1. The van der Waals surface area contributed by atoms with Gasteiger partial charge in [-0.2, -0.15) is 27.2 Å². The normalized spacial score (nSPS) is 23.9. The molecule has 220 valence electrons. The summed E-state index contributed by atoms with van der Waals surface area (Å²) in [5.74, 6) is -5.38. The van der Waals surface area contributed by atoms with Crippen molar-refractivity contribution in [2.24, 2.45) is 0 Å². The topological polar surface area (TPSA) is 85.7 Å². The van der Waals surface area contributed by atoms with Crippen LogP contribution in [-0.4, -0.2) is 76.1 Å². The number of hydrogen-bond acceptors (Lipinski definition) is 6. The molecule has 7 nitrogen and oxygen atoms in total. The van der Waals surface area contributed by atoms with E-state index in [0.29, 0.717) is 38.8 Å². The zero-order valence-electron chi connectivity index (χ0n) is 22.6. The van der Waals surface area contributed by atoms with Crippen molar-refractivity contribution >= 4 is 23.8 Å². The van der Waals surface area contributed by atoms with Crippen LogP contribution in [0.15, 0.2) is 29.2 Å². The van der Waals surface area contributed by atoms with Gasteiger partial charge in [0.1, 0.15) is 11.1 Å². The van der Waals surface area contributed by atoms with Crippen LogP contribution in [0.3, 0.4) is 0 Å². The number of likely N-dealkylation sites (tertiary alicyclic amines) is 2. The summed E-state index contributed by atoms with van der Waals surface area (Å²) in [5, 5.41) is 11.8. The minimum Gasteiger partial charge on any atom is -0.444 e. The molecule has 0 spiro atoms. The molecule has 0 radical (unpaired) electrons. The number of amides is 2. The maximum atomic E-state index is 14.3. The summed E-state index contributed by atoms with van der Waals surface area (Å²) in [4.78, 5) is 29.2. The van der Waals surface area contributed by atoms with Crippen molar-refractivity contribution in [3.63, 3.8) is 0 Å². The number of nitrogens with one attached hydrogen (secondary N) is 1. The number of hydrogen-bond donors (Lipinski definition) is 1. The zero-order chi connectivity index (χ0) is 29.5. The van der Waals surface area contributed by atoms with Crippen LogP contribution in [0.1, 0.15) is 58.4 Å². The number of carbonyl (C=O) groups is 2. The highest BCUT2D eigenvalue weighted by molar-refractivity contribution is 8.00. The fourth-order valence-corrected chi connectivity index (χ4v) is 6.51. The van der Waals surface area contributed by atoms with E-state index in [4.69, 9.17) is 4.74 Å². The summed E-state index contributed by atoms with van der Waals surface area (Å²) in [6, 6.07) is 5.89. The Hall–Kier alpha value is -2.59. The Balaban J connectivity index is 1.51. The SMILES string of the molecule is CC(C)(C)OC(=O)N1CCC(N2CC(Sc3ccccc3C(F)(F)C(F)(F)F)CC2C(=O)NC2(C#N)CC2)CC1. The van der Waals surface area contributed by atoms with Gasteiger partial charge in [0.05, 0.1) is 12.1 Å². The van der Waals surface area contributed by atoms with E-state index in [1.165, 1.54) is 12.1 Å². The molecule has 2 heterocycles.